The first-order valence-corrected chi connectivity index (χ1v) is 8.94. The Bertz CT molecular complexity index is 941. The molecular weight excluding hydrogens is 398 g/mol. The normalized spacial score (nSPS) is 15.5. The molecule has 1 atom stereocenters. The minimum absolute atomic E-state index is 0.140. The van der Waals surface area contributed by atoms with E-state index in [-0.39, 0.29) is 12.0 Å². The Kier molecular flexibility index (Phi) is 4.62. The third kappa shape index (κ3) is 3.72. The predicted octanol–water partition coefficient (Wildman–Crippen LogP) is 3.74. The molecule has 0 unspecified atom stereocenters. The van der Waals surface area contributed by atoms with Crippen molar-refractivity contribution in [1.29, 1.82) is 0 Å². The van der Waals surface area contributed by atoms with Gasteiger partial charge in [-0.25, -0.2) is 0 Å². The van der Waals surface area contributed by atoms with E-state index in [1.165, 1.54) is 0 Å². The molecule has 2 aromatic carbocycles. The maximum absolute atomic E-state index is 12.3. The lowest BCUT2D eigenvalue weighted by molar-refractivity contribution is 0.0759. The Morgan fingerprint density at radius 3 is 2.92 bits per heavy atom. The van der Waals surface area contributed by atoms with Crippen molar-refractivity contribution < 1.29 is 14.3 Å². The highest BCUT2D eigenvalue weighted by Gasteiger charge is 2.21. The van der Waals surface area contributed by atoms with Crippen molar-refractivity contribution in [3.8, 4) is 11.5 Å². The summed E-state index contributed by atoms with van der Waals surface area (Å²) >= 11 is 3.36. The third-order valence-electron chi connectivity index (χ3n) is 3.94. The molecule has 1 N–H and O–H groups in total. The molecule has 0 saturated heterocycles. The molecular formula is C19H16BrN3O3. The molecule has 2 heterocycles. The minimum atomic E-state index is -0.183. The SMILES string of the molecule is O=C(Nc1cnn(C[C@H]2COc3ccccc3O2)c1)c1cccc(Br)c1. The largest absolute Gasteiger partial charge is 0.486 e. The summed E-state index contributed by atoms with van der Waals surface area (Å²) in [6.07, 6.45) is 3.26. The molecule has 6 nitrogen and oxygen atoms in total. The lowest BCUT2D eigenvalue weighted by Gasteiger charge is -2.26. The van der Waals surface area contributed by atoms with Crippen molar-refractivity contribution in [3.05, 3.63) is 71.0 Å². The van der Waals surface area contributed by atoms with Gasteiger partial charge in [0.2, 0.25) is 0 Å². The second-order valence-electron chi connectivity index (χ2n) is 5.91. The van der Waals surface area contributed by atoms with Gasteiger partial charge in [-0.15, -0.1) is 0 Å². The van der Waals surface area contributed by atoms with Crippen LogP contribution in [0, 0.1) is 0 Å². The number of benzene rings is 2. The van der Waals surface area contributed by atoms with Crippen LogP contribution in [0.15, 0.2) is 65.4 Å². The van der Waals surface area contributed by atoms with Gasteiger partial charge in [0.1, 0.15) is 6.61 Å². The first kappa shape index (κ1) is 16.7. The van der Waals surface area contributed by atoms with Gasteiger partial charge in [-0.3, -0.25) is 9.48 Å². The summed E-state index contributed by atoms with van der Waals surface area (Å²) in [6, 6.07) is 14.8. The van der Waals surface area contributed by atoms with Gasteiger partial charge in [-0.2, -0.15) is 5.10 Å². The molecule has 3 aromatic rings. The minimum Gasteiger partial charge on any atom is -0.486 e. The molecule has 1 amide bonds. The van der Waals surface area contributed by atoms with E-state index in [1.807, 2.05) is 36.4 Å². The van der Waals surface area contributed by atoms with Gasteiger partial charge in [-0.1, -0.05) is 34.1 Å². The monoisotopic (exact) mass is 413 g/mol. The van der Waals surface area contributed by atoms with Gasteiger partial charge in [0.15, 0.2) is 17.6 Å². The number of fused-ring (bicyclic) bond motifs is 1. The van der Waals surface area contributed by atoms with Crippen LogP contribution in [0.4, 0.5) is 5.69 Å². The summed E-state index contributed by atoms with van der Waals surface area (Å²) in [5.74, 6) is 1.31. The first-order valence-electron chi connectivity index (χ1n) is 8.15. The predicted molar refractivity (Wildman–Crippen MR) is 101 cm³/mol. The average molecular weight is 414 g/mol. The standard InChI is InChI=1S/C19H16BrN3O3/c20-14-5-3-4-13(8-14)19(24)22-15-9-21-23(10-15)11-16-12-25-17-6-1-2-7-18(17)26-16/h1-10,16H,11-12H2,(H,22,24)/t16-/m0/s1. The summed E-state index contributed by atoms with van der Waals surface area (Å²) in [6.45, 7) is 0.984. The summed E-state index contributed by atoms with van der Waals surface area (Å²) in [5, 5.41) is 7.13. The number of hydrogen-bond donors (Lipinski definition) is 1. The van der Waals surface area contributed by atoms with Crippen molar-refractivity contribution in [3.63, 3.8) is 0 Å². The lowest BCUT2D eigenvalue weighted by atomic mass is 10.2. The molecule has 7 heteroatoms. The van der Waals surface area contributed by atoms with Crippen LogP contribution in [-0.2, 0) is 6.54 Å². The van der Waals surface area contributed by atoms with Crippen molar-refractivity contribution in [2.24, 2.45) is 0 Å². The molecule has 132 valence electrons. The van der Waals surface area contributed by atoms with Crippen molar-refractivity contribution >= 4 is 27.5 Å². The van der Waals surface area contributed by atoms with E-state index in [4.69, 9.17) is 9.47 Å². The highest BCUT2D eigenvalue weighted by molar-refractivity contribution is 9.10. The fraction of sp³-hybridized carbons (Fsp3) is 0.158. The van der Waals surface area contributed by atoms with Gasteiger partial charge in [-0.05, 0) is 30.3 Å². The van der Waals surface area contributed by atoms with Crippen molar-refractivity contribution in [2.45, 2.75) is 12.6 Å². The smallest absolute Gasteiger partial charge is 0.255 e. The number of ether oxygens (including phenoxy) is 2. The average Bonchev–Trinajstić information content (AvgIpc) is 3.08. The van der Waals surface area contributed by atoms with Crippen LogP contribution in [0.25, 0.3) is 0 Å². The Hall–Kier alpha value is -2.80. The summed E-state index contributed by atoms with van der Waals surface area (Å²) in [4.78, 5) is 12.3. The molecule has 1 aromatic heterocycles. The number of nitrogens with one attached hydrogen (secondary N) is 1. The number of hydrogen-bond acceptors (Lipinski definition) is 4. The van der Waals surface area contributed by atoms with Crippen LogP contribution >= 0.6 is 15.9 Å². The van der Waals surface area contributed by atoms with E-state index in [9.17, 15) is 4.79 Å². The fourth-order valence-electron chi connectivity index (χ4n) is 2.72. The maximum atomic E-state index is 12.3. The second-order valence-corrected chi connectivity index (χ2v) is 6.83. The number of para-hydroxylation sites is 2. The van der Waals surface area contributed by atoms with Crippen LogP contribution in [0.5, 0.6) is 11.5 Å². The molecule has 26 heavy (non-hydrogen) atoms. The number of rotatable bonds is 4. The van der Waals surface area contributed by atoms with Crippen molar-refractivity contribution in [2.75, 3.05) is 11.9 Å². The zero-order valence-corrected chi connectivity index (χ0v) is 15.3. The van der Waals surface area contributed by atoms with Gasteiger partial charge in [0.25, 0.3) is 5.91 Å². The molecule has 0 radical (unpaired) electrons. The zero-order valence-electron chi connectivity index (χ0n) is 13.8. The first-order chi connectivity index (χ1) is 12.7. The molecule has 4 rings (SSSR count). The molecule has 1 aliphatic heterocycles. The summed E-state index contributed by atoms with van der Waals surface area (Å²) in [7, 11) is 0. The quantitative estimate of drug-likeness (QED) is 0.707. The maximum Gasteiger partial charge on any atom is 0.255 e. The van der Waals surface area contributed by atoms with Crippen LogP contribution in [-0.4, -0.2) is 28.4 Å². The second kappa shape index (κ2) is 7.21. The number of nitrogens with zero attached hydrogens (tertiary/aromatic N) is 2. The van der Waals surface area contributed by atoms with E-state index in [1.54, 1.807) is 29.2 Å². The van der Waals surface area contributed by atoms with Crippen LogP contribution in [0.3, 0.4) is 0 Å². The van der Waals surface area contributed by atoms with Crippen LogP contribution in [0.2, 0.25) is 0 Å². The Labute approximate surface area is 158 Å². The van der Waals surface area contributed by atoms with Gasteiger partial charge in [0.05, 0.1) is 18.4 Å². The number of halogens is 1. The number of carbonyl (C=O) groups is 1. The number of amides is 1. The van der Waals surface area contributed by atoms with E-state index in [0.29, 0.717) is 24.4 Å². The number of aromatic nitrogens is 2. The van der Waals surface area contributed by atoms with E-state index < -0.39 is 0 Å². The molecule has 1 aliphatic rings. The van der Waals surface area contributed by atoms with E-state index in [2.05, 4.69) is 26.3 Å². The van der Waals surface area contributed by atoms with E-state index in [0.717, 1.165) is 16.0 Å². The topological polar surface area (TPSA) is 65.4 Å². The van der Waals surface area contributed by atoms with Crippen LogP contribution < -0.4 is 14.8 Å². The molecule has 0 fully saturated rings. The number of anilines is 1. The van der Waals surface area contributed by atoms with Crippen molar-refractivity contribution in [1.82, 2.24) is 9.78 Å². The van der Waals surface area contributed by atoms with Gasteiger partial charge in [0, 0.05) is 16.2 Å². The third-order valence-corrected chi connectivity index (χ3v) is 4.43. The Morgan fingerprint density at radius 2 is 2.08 bits per heavy atom. The fourth-order valence-corrected chi connectivity index (χ4v) is 3.12. The highest BCUT2D eigenvalue weighted by Crippen LogP contribution is 2.31. The Morgan fingerprint density at radius 1 is 1.23 bits per heavy atom. The van der Waals surface area contributed by atoms with E-state index >= 15 is 0 Å². The molecule has 0 spiro atoms. The zero-order chi connectivity index (χ0) is 17.9. The summed E-state index contributed by atoms with van der Waals surface area (Å²) < 4.78 is 14.2. The van der Waals surface area contributed by atoms with Gasteiger partial charge < -0.3 is 14.8 Å². The molecule has 0 saturated carbocycles. The molecule has 0 aliphatic carbocycles. The summed E-state index contributed by atoms with van der Waals surface area (Å²) in [5.41, 5.74) is 1.21. The number of carbonyl (C=O) groups excluding carboxylic acids is 1. The lowest BCUT2D eigenvalue weighted by Crippen LogP contribution is -2.33. The molecule has 0 bridgehead atoms. The highest BCUT2D eigenvalue weighted by atomic mass is 79.9. The Balaban J connectivity index is 1.39. The van der Waals surface area contributed by atoms with Gasteiger partial charge >= 0.3 is 0 Å². The van der Waals surface area contributed by atoms with Crippen LogP contribution in [0.1, 0.15) is 10.4 Å².